The predicted octanol–water partition coefficient (Wildman–Crippen LogP) is 11.3. The Labute approximate surface area is 380 Å². The second-order valence-corrected chi connectivity index (χ2v) is 16.2. The van der Waals surface area contributed by atoms with E-state index in [0.29, 0.717) is 33.4 Å². The van der Waals surface area contributed by atoms with Gasteiger partial charge < -0.3 is 14.2 Å². The third kappa shape index (κ3) is 13.5. The van der Waals surface area contributed by atoms with Crippen LogP contribution in [0, 0.1) is 0 Å². The number of benzene rings is 6. The zero-order chi connectivity index (χ0) is 45.9. The molecule has 0 saturated carbocycles. The molecule has 0 spiro atoms. The molecule has 0 heterocycles. The Hall–Kier alpha value is -6.94. The molecule has 0 aromatic heterocycles. The van der Waals surface area contributed by atoms with Crippen molar-refractivity contribution in [1.82, 2.24) is 0 Å². The molecule has 10 nitrogen and oxygen atoms in total. The fourth-order valence-electron chi connectivity index (χ4n) is 7.02. The molecule has 6 aromatic rings. The average Bonchev–Trinajstić information content (AvgIpc) is 3.35. The van der Waals surface area contributed by atoms with E-state index in [2.05, 4.69) is 0 Å². The Morgan fingerprint density at radius 3 is 0.692 bits per heavy atom. The predicted molar refractivity (Wildman–Crippen MR) is 252 cm³/mol. The Kier molecular flexibility index (Phi) is 17.7. The van der Waals surface area contributed by atoms with Gasteiger partial charge in [-0.3, -0.25) is 13.6 Å². The van der Waals surface area contributed by atoms with E-state index in [4.69, 9.17) is 27.8 Å². The summed E-state index contributed by atoms with van der Waals surface area (Å²) < 4.78 is 47.7. The first-order chi connectivity index (χ1) is 31.6. The topological polar surface area (TPSA) is 124 Å². The SMILES string of the molecule is CC(C(=O)OCCOP(=O)(OCCOC(=O)C(C)=C(c1ccccc1)c1ccccc1)OCCOC(=O)C(C)=C(c1ccccc1)c1ccccc1)=C(c1ccccc1)c1ccccc1. The summed E-state index contributed by atoms with van der Waals surface area (Å²) in [6.45, 7) is 3.01. The third-order valence-corrected chi connectivity index (χ3v) is 11.6. The van der Waals surface area contributed by atoms with Gasteiger partial charge in [0, 0.05) is 16.7 Å². The molecule has 0 aliphatic carbocycles. The fourth-order valence-corrected chi connectivity index (χ4v) is 8.14. The molecule has 0 N–H and O–H groups in total. The van der Waals surface area contributed by atoms with Crippen LogP contribution in [-0.4, -0.2) is 57.5 Å². The lowest BCUT2D eigenvalue weighted by Crippen LogP contribution is -2.17. The number of phosphoric ester groups is 1. The number of carbonyl (C=O) groups is 3. The molecule has 0 bridgehead atoms. The first kappa shape index (κ1) is 47.5. The summed E-state index contributed by atoms with van der Waals surface area (Å²) in [4.78, 5) is 40.2. The van der Waals surface area contributed by atoms with Crippen LogP contribution in [0.4, 0.5) is 0 Å². The number of phosphoric acid groups is 1. The monoisotopic (exact) mass is 890 g/mol. The van der Waals surface area contributed by atoms with Crippen LogP contribution >= 0.6 is 7.82 Å². The summed E-state index contributed by atoms with van der Waals surface area (Å²) in [6.07, 6.45) is 0. The molecule has 0 aliphatic rings. The molecule has 0 saturated heterocycles. The molecule has 0 fully saturated rings. The Balaban J connectivity index is 1.12. The number of hydrogen-bond donors (Lipinski definition) is 0. The van der Waals surface area contributed by atoms with E-state index in [9.17, 15) is 18.9 Å². The van der Waals surface area contributed by atoms with Crippen LogP contribution in [0.15, 0.2) is 199 Å². The quantitative estimate of drug-likeness (QED) is 0.0227. The molecule has 6 aromatic carbocycles. The van der Waals surface area contributed by atoms with Crippen LogP contribution in [0.5, 0.6) is 0 Å². The van der Waals surface area contributed by atoms with Gasteiger partial charge in [0.2, 0.25) is 0 Å². The van der Waals surface area contributed by atoms with Gasteiger partial charge >= 0.3 is 25.7 Å². The molecule has 11 heteroatoms. The molecule has 0 radical (unpaired) electrons. The van der Waals surface area contributed by atoms with Crippen LogP contribution in [0.25, 0.3) is 16.7 Å². The minimum Gasteiger partial charge on any atom is -0.460 e. The van der Waals surface area contributed by atoms with Crippen LogP contribution < -0.4 is 0 Å². The maximum Gasteiger partial charge on any atom is 0.475 e. The zero-order valence-corrected chi connectivity index (χ0v) is 37.5. The van der Waals surface area contributed by atoms with Crippen molar-refractivity contribution in [3.8, 4) is 0 Å². The zero-order valence-electron chi connectivity index (χ0n) is 36.6. The van der Waals surface area contributed by atoms with Crippen LogP contribution in [0.2, 0.25) is 0 Å². The van der Waals surface area contributed by atoms with Crippen molar-refractivity contribution < 1.29 is 46.7 Å². The first-order valence-corrected chi connectivity index (χ1v) is 22.6. The van der Waals surface area contributed by atoms with E-state index in [1.54, 1.807) is 20.8 Å². The average molecular weight is 891 g/mol. The van der Waals surface area contributed by atoms with Crippen molar-refractivity contribution in [3.63, 3.8) is 0 Å². The summed E-state index contributed by atoms with van der Waals surface area (Å²) in [5, 5.41) is 0. The Morgan fingerprint density at radius 2 is 0.508 bits per heavy atom. The molecular formula is C54H51O10P. The van der Waals surface area contributed by atoms with Crippen LogP contribution in [-0.2, 0) is 46.7 Å². The lowest BCUT2D eigenvalue weighted by molar-refractivity contribution is -0.140. The maximum atomic E-state index is 14.1. The fraction of sp³-hybridized carbons (Fsp3) is 0.167. The highest BCUT2D eigenvalue weighted by Crippen LogP contribution is 2.49. The molecule has 65 heavy (non-hydrogen) atoms. The van der Waals surface area contributed by atoms with Gasteiger partial charge in [-0.05, 0) is 70.9 Å². The summed E-state index contributed by atoms with van der Waals surface area (Å²) >= 11 is 0. The molecule has 0 atom stereocenters. The van der Waals surface area contributed by atoms with Crippen LogP contribution in [0.1, 0.15) is 54.2 Å². The first-order valence-electron chi connectivity index (χ1n) is 21.2. The van der Waals surface area contributed by atoms with E-state index in [1.807, 2.05) is 182 Å². The number of esters is 3. The molecule has 0 unspecified atom stereocenters. The van der Waals surface area contributed by atoms with Crippen molar-refractivity contribution >= 4 is 42.4 Å². The lowest BCUT2D eigenvalue weighted by Gasteiger charge is -2.19. The molecule has 0 aliphatic heterocycles. The van der Waals surface area contributed by atoms with Crippen molar-refractivity contribution in [2.24, 2.45) is 0 Å². The highest BCUT2D eigenvalue weighted by Gasteiger charge is 2.28. The summed E-state index contributed by atoms with van der Waals surface area (Å²) in [6, 6.07) is 57.0. The number of ether oxygens (including phenoxy) is 3. The number of rotatable bonds is 21. The maximum absolute atomic E-state index is 14.1. The summed E-state index contributed by atoms with van der Waals surface area (Å²) in [5.41, 5.74) is 8.20. The number of carbonyl (C=O) groups excluding carboxylic acids is 3. The van der Waals surface area contributed by atoms with Gasteiger partial charge in [0.05, 0.1) is 19.8 Å². The molecule has 332 valence electrons. The van der Waals surface area contributed by atoms with Gasteiger partial charge in [-0.2, -0.15) is 0 Å². The number of hydrogen-bond acceptors (Lipinski definition) is 10. The van der Waals surface area contributed by atoms with Gasteiger partial charge in [0.25, 0.3) is 0 Å². The van der Waals surface area contributed by atoms with Crippen molar-refractivity contribution in [1.29, 1.82) is 0 Å². The summed E-state index contributed by atoms with van der Waals surface area (Å²) in [7, 11) is -4.42. The van der Waals surface area contributed by atoms with E-state index in [1.165, 1.54) is 0 Å². The van der Waals surface area contributed by atoms with Gasteiger partial charge in [0.1, 0.15) is 19.8 Å². The normalized spacial score (nSPS) is 10.9. The minimum atomic E-state index is -4.42. The van der Waals surface area contributed by atoms with E-state index >= 15 is 0 Å². The standard InChI is InChI=1S/C54H51O10P/c1-40(49(43-22-10-4-11-23-43)44-24-12-5-13-25-44)52(55)59-34-37-62-65(58,63-38-35-60-53(56)41(2)50(45-26-14-6-15-27-45)46-28-16-7-17-29-46)64-39-36-61-54(57)42(3)51(47-30-18-8-19-31-47)48-32-20-9-21-33-48/h4-33H,34-39H2,1-3H3. The van der Waals surface area contributed by atoms with Crippen LogP contribution in [0.3, 0.4) is 0 Å². The Bertz CT molecular complexity index is 2210. The molecule has 0 amide bonds. The summed E-state index contributed by atoms with van der Waals surface area (Å²) in [5.74, 6) is -1.81. The van der Waals surface area contributed by atoms with Gasteiger partial charge in [-0.15, -0.1) is 0 Å². The Morgan fingerprint density at radius 1 is 0.323 bits per heavy atom. The van der Waals surface area contributed by atoms with Gasteiger partial charge in [0.15, 0.2) is 0 Å². The highest BCUT2D eigenvalue weighted by molar-refractivity contribution is 7.48. The van der Waals surface area contributed by atoms with Crippen molar-refractivity contribution in [3.05, 3.63) is 232 Å². The highest BCUT2D eigenvalue weighted by atomic mass is 31.2. The van der Waals surface area contributed by atoms with E-state index in [0.717, 1.165) is 33.4 Å². The van der Waals surface area contributed by atoms with Crippen molar-refractivity contribution in [2.75, 3.05) is 39.6 Å². The molecular weight excluding hydrogens is 840 g/mol. The van der Waals surface area contributed by atoms with Crippen molar-refractivity contribution in [2.45, 2.75) is 20.8 Å². The second kappa shape index (κ2) is 24.2. The second-order valence-electron chi connectivity index (χ2n) is 14.6. The molecule has 6 rings (SSSR count). The van der Waals surface area contributed by atoms with E-state index < -0.39 is 25.7 Å². The van der Waals surface area contributed by atoms with Gasteiger partial charge in [-0.1, -0.05) is 182 Å². The minimum absolute atomic E-state index is 0.300. The van der Waals surface area contributed by atoms with Gasteiger partial charge in [-0.25, -0.2) is 18.9 Å². The largest absolute Gasteiger partial charge is 0.475 e. The van der Waals surface area contributed by atoms with E-state index in [-0.39, 0.29) is 39.6 Å². The third-order valence-electron chi connectivity index (χ3n) is 10.1. The lowest BCUT2D eigenvalue weighted by atomic mass is 9.93. The smallest absolute Gasteiger partial charge is 0.460 e.